The number of hydrogen-bond donors (Lipinski definition) is 2. The van der Waals surface area contributed by atoms with Crippen molar-refractivity contribution in [1.82, 2.24) is 4.90 Å². The highest BCUT2D eigenvalue weighted by Crippen LogP contribution is 2.22. The predicted octanol–water partition coefficient (Wildman–Crippen LogP) is 1.24. The number of amides is 2. The summed E-state index contributed by atoms with van der Waals surface area (Å²) in [5, 5.41) is 12.5. The summed E-state index contributed by atoms with van der Waals surface area (Å²) < 4.78 is 0. The monoisotopic (exact) mass is 262 g/mol. The van der Waals surface area contributed by atoms with Crippen molar-refractivity contribution in [2.45, 2.75) is 25.9 Å². The van der Waals surface area contributed by atoms with Crippen molar-refractivity contribution in [2.24, 2.45) is 0 Å². The first kappa shape index (κ1) is 13.5. The Hall–Kier alpha value is -1.88. The van der Waals surface area contributed by atoms with Gasteiger partial charge in [-0.1, -0.05) is 0 Å². The maximum atomic E-state index is 12.2. The van der Waals surface area contributed by atoms with Gasteiger partial charge in [0.1, 0.15) is 0 Å². The Bertz CT molecular complexity index is 494. The first-order chi connectivity index (χ1) is 8.87. The van der Waals surface area contributed by atoms with E-state index in [1.165, 1.54) is 6.92 Å². The molecule has 1 aliphatic rings. The third-order valence-electron chi connectivity index (χ3n) is 3.19. The van der Waals surface area contributed by atoms with E-state index in [1.807, 2.05) is 0 Å². The van der Waals surface area contributed by atoms with Gasteiger partial charge in [0.15, 0.2) is 0 Å². The minimum absolute atomic E-state index is 0.0906. The van der Waals surface area contributed by atoms with E-state index in [-0.39, 0.29) is 11.8 Å². The summed E-state index contributed by atoms with van der Waals surface area (Å²) in [5.41, 5.74) is 0.440. The molecule has 2 rings (SSSR count). The Morgan fingerprint density at radius 1 is 1.32 bits per heavy atom. The molecule has 1 saturated heterocycles. The zero-order chi connectivity index (χ0) is 14.0. The largest absolute Gasteiger partial charge is 0.388 e. The fourth-order valence-electron chi connectivity index (χ4n) is 2.20. The molecule has 5 heteroatoms. The van der Waals surface area contributed by atoms with E-state index in [1.54, 1.807) is 36.1 Å². The van der Waals surface area contributed by atoms with Crippen LogP contribution in [0, 0.1) is 0 Å². The topological polar surface area (TPSA) is 69.6 Å². The van der Waals surface area contributed by atoms with Crippen molar-refractivity contribution >= 4 is 17.5 Å². The van der Waals surface area contributed by atoms with E-state index in [2.05, 4.69) is 5.32 Å². The van der Waals surface area contributed by atoms with Crippen molar-refractivity contribution < 1.29 is 14.7 Å². The molecule has 1 heterocycles. The van der Waals surface area contributed by atoms with Crippen LogP contribution in [-0.4, -0.2) is 40.5 Å². The molecule has 0 spiro atoms. The second-order valence-electron chi connectivity index (χ2n) is 5.23. The Morgan fingerprint density at radius 3 is 2.42 bits per heavy atom. The van der Waals surface area contributed by atoms with Crippen LogP contribution in [-0.2, 0) is 4.79 Å². The smallest absolute Gasteiger partial charge is 0.253 e. The van der Waals surface area contributed by atoms with E-state index < -0.39 is 5.60 Å². The Balaban J connectivity index is 2.06. The molecule has 0 radical (unpaired) electrons. The van der Waals surface area contributed by atoms with Gasteiger partial charge >= 0.3 is 0 Å². The van der Waals surface area contributed by atoms with Crippen molar-refractivity contribution in [3.8, 4) is 0 Å². The third-order valence-corrected chi connectivity index (χ3v) is 3.19. The summed E-state index contributed by atoms with van der Waals surface area (Å²) in [7, 11) is 0. The lowest BCUT2D eigenvalue weighted by molar-refractivity contribution is -0.114. The molecule has 1 aromatic rings. The third kappa shape index (κ3) is 3.32. The summed E-state index contributed by atoms with van der Waals surface area (Å²) in [5.74, 6) is -0.234. The minimum atomic E-state index is -0.786. The molecule has 0 aliphatic carbocycles. The second-order valence-corrected chi connectivity index (χ2v) is 5.23. The maximum absolute atomic E-state index is 12.2. The standard InChI is InChI=1S/C14H18N2O3/c1-10(17)15-12-5-3-11(4-6-12)13(18)16-8-7-14(2,19)9-16/h3-6,19H,7-9H2,1-2H3,(H,15,17). The maximum Gasteiger partial charge on any atom is 0.253 e. The summed E-state index contributed by atoms with van der Waals surface area (Å²) in [6.45, 7) is 4.10. The number of anilines is 1. The number of carbonyl (C=O) groups excluding carboxylic acids is 2. The Morgan fingerprint density at radius 2 is 1.95 bits per heavy atom. The number of carbonyl (C=O) groups is 2. The molecule has 19 heavy (non-hydrogen) atoms. The highest BCUT2D eigenvalue weighted by Gasteiger charge is 2.34. The van der Waals surface area contributed by atoms with Crippen molar-refractivity contribution in [2.75, 3.05) is 18.4 Å². The van der Waals surface area contributed by atoms with Gasteiger partial charge in [-0.2, -0.15) is 0 Å². The van der Waals surface area contributed by atoms with E-state index in [4.69, 9.17) is 0 Å². The molecule has 102 valence electrons. The number of hydrogen-bond acceptors (Lipinski definition) is 3. The molecular formula is C14H18N2O3. The lowest BCUT2D eigenvalue weighted by Crippen LogP contribution is -2.33. The number of likely N-dealkylation sites (tertiary alicyclic amines) is 1. The highest BCUT2D eigenvalue weighted by molar-refractivity contribution is 5.95. The van der Waals surface area contributed by atoms with Gasteiger partial charge in [-0.05, 0) is 37.6 Å². The van der Waals surface area contributed by atoms with Gasteiger partial charge < -0.3 is 15.3 Å². The normalized spacial score (nSPS) is 22.4. The highest BCUT2D eigenvalue weighted by atomic mass is 16.3. The molecule has 5 nitrogen and oxygen atoms in total. The second kappa shape index (κ2) is 5.01. The summed E-state index contributed by atoms with van der Waals surface area (Å²) in [6, 6.07) is 6.76. The fourth-order valence-corrected chi connectivity index (χ4v) is 2.20. The SMILES string of the molecule is CC(=O)Nc1ccc(C(=O)N2CCC(C)(O)C2)cc1. The molecule has 2 amide bonds. The summed E-state index contributed by atoms with van der Waals surface area (Å²) in [6.07, 6.45) is 0.600. The van der Waals surface area contributed by atoms with E-state index >= 15 is 0 Å². The molecule has 0 aromatic heterocycles. The number of rotatable bonds is 2. The molecule has 1 fully saturated rings. The van der Waals surface area contributed by atoms with E-state index in [0.29, 0.717) is 30.8 Å². The lowest BCUT2D eigenvalue weighted by atomic mass is 10.1. The van der Waals surface area contributed by atoms with Crippen molar-refractivity contribution in [3.05, 3.63) is 29.8 Å². The first-order valence-corrected chi connectivity index (χ1v) is 6.27. The van der Waals surface area contributed by atoms with Crippen molar-refractivity contribution in [1.29, 1.82) is 0 Å². The summed E-state index contributed by atoms with van der Waals surface area (Å²) in [4.78, 5) is 24.7. The van der Waals surface area contributed by atoms with Crippen LogP contribution in [0.25, 0.3) is 0 Å². The van der Waals surface area contributed by atoms with Gasteiger partial charge in [0, 0.05) is 31.3 Å². The van der Waals surface area contributed by atoms with Crippen molar-refractivity contribution in [3.63, 3.8) is 0 Å². The van der Waals surface area contributed by atoms with Gasteiger partial charge in [-0.25, -0.2) is 0 Å². The molecule has 1 unspecified atom stereocenters. The van der Waals surface area contributed by atoms with Gasteiger partial charge in [0.05, 0.1) is 5.60 Å². The van der Waals surface area contributed by atoms with Crippen LogP contribution in [0.4, 0.5) is 5.69 Å². The van der Waals surface area contributed by atoms with Crippen LogP contribution in [0.2, 0.25) is 0 Å². The number of aliphatic hydroxyl groups is 1. The molecule has 0 saturated carbocycles. The average molecular weight is 262 g/mol. The van der Waals surface area contributed by atoms with E-state index in [0.717, 1.165) is 0 Å². The Labute approximate surface area is 112 Å². The van der Waals surface area contributed by atoms with Gasteiger partial charge in [-0.15, -0.1) is 0 Å². The van der Waals surface area contributed by atoms with Crippen LogP contribution in [0.1, 0.15) is 30.6 Å². The van der Waals surface area contributed by atoms with Crippen LogP contribution in [0.15, 0.2) is 24.3 Å². The number of benzene rings is 1. The van der Waals surface area contributed by atoms with E-state index in [9.17, 15) is 14.7 Å². The predicted molar refractivity (Wildman–Crippen MR) is 71.9 cm³/mol. The van der Waals surface area contributed by atoms with Crippen LogP contribution < -0.4 is 5.32 Å². The number of nitrogens with zero attached hydrogens (tertiary/aromatic N) is 1. The van der Waals surface area contributed by atoms with Gasteiger partial charge in [0.25, 0.3) is 5.91 Å². The zero-order valence-electron chi connectivity index (χ0n) is 11.1. The van der Waals surface area contributed by atoms with Crippen LogP contribution >= 0.6 is 0 Å². The molecule has 1 aliphatic heterocycles. The quantitative estimate of drug-likeness (QED) is 0.842. The lowest BCUT2D eigenvalue weighted by Gasteiger charge is -2.19. The number of β-amino-alcohol motifs (C(OH)–C–C–N with tert-alkyl or cyclic N) is 1. The molecule has 1 atom stereocenters. The Kier molecular flexibility index (Phi) is 3.57. The van der Waals surface area contributed by atoms with Crippen LogP contribution in [0.3, 0.4) is 0 Å². The zero-order valence-corrected chi connectivity index (χ0v) is 11.1. The molecular weight excluding hydrogens is 244 g/mol. The molecule has 0 bridgehead atoms. The summed E-state index contributed by atoms with van der Waals surface area (Å²) >= 11 is 0. The fraction of sp³-hybridized carbons (Fsp3) is 0.429. The first-order valence-electron chi connectivity index (χ1n) is 6.27. The number of nitrogens with one attached hydrogen (secondary N) is 1. The average Bonchev–Trinajstić information content (AvgIpc) is 2.69. The van der Waals surface area contributed by atoms with Crippen LogP contribution in [0.5, 0.6) is 0 Å². The minimum Gasteiger partial charge on any atom is -0.388 e. The molecule has 1 aromatic carbocycles. The molecule has 2 N–H and O–H groups in total. The van der Waals surface area contributed by atoms with Gasteiger partial charge in [0.2, 0.25) is 5.91 Å². The van der Waals surface area contributed by atoms with Gasteiger partial charge in [-0.3, -0.25) is 9.59 Å².